The molecule has 5 heteroatoms. The number of aromatic amines is 1. The highest BCUT2D eigenvalue weighted by molar-refractivity contribution is 5.94. The molecule has 0 bridgehead atoms. The summed E-state index contributed by atoms with van der Waals surface area (Å²) < 4.78 is 5.24. The average Bonchev–Trinajstić information content (AvgIpc) is 3.07. The number of benzene rings is 1. The molecule has 1 amide bonds. The van der Waals surface area contributed by atoms with E-state index in [0.29, 0.717) is 12.1 Å². The summed E-state index contributed by atoms with van der Waals surface area (Å²) in [5.41, 5.74) is 4.99. The zero-order chi connectivity index (χ0) is 17.2. The van der Waals surface area contributed by atoms with Gasteiger partial charge >= 0.3 is 0 Å². The Balaban J connectivity index is 1.46. The number of nitrogens with one attached hydrogen (secondary N) is 2. The van der Waals surface area contributed by atoms with Gasteiger partial charge in [0, 0.05) is 28.5 Å². The maximum atomic E-state index is 12.4. The molecule has 0 saturated heterocycles. The molecule has 25 heavy (non-hydrogen) atoms. The smallest absolute Gasteiger partial charge is 0.253 e. The number of hydrogen-bond acceptors (Lipinski definition) is 3. The van der Waals surface area contributed by atoms with Crippen molar-refractivity contribution < 1.29 is 9.53 Å². The van der Waals surface area contributed by atoms with E-state index in [9.17, 15) is 4.79 Å². The number of ether oxygens (including phenoxy) is 1. The number of carbonyl (C=O) groups is 1. The fourth-order valence-electron chi connectivity index (χ4n) is 3.38. The normalized spacial score (nSPS) is 13.5. The van der Waals surface area contributed by atoms with E-state index in [1.54, 1.807) is 13.3 Å². The van der Waals surface area contributed by atoms with Crippen LogP contribution in [0.5, 0.6) is 5.75 Å². The van der Waals surface area contributed by atoms with Crippen LogP contribution in [-0.4, -0.2) is 23.0 Å². The van der Waals surface area contributed by atoms with Crippen LogP contribution in [-0.2, 0) is 19.4 Å². The number of H-pyrrole nitrogens is 1. The van der Waals surface area contributed by atoms with Crippen LogP contribution in [0, 0.1) is 0 Å². The van der Waals surface area contributed by atoms with Crippen molar-refractivity contribution in [3.8, 4) is 5.75 Å². The second kappa shape index (κ2) is 6.59. The lowest BCUT2D eigenvalue weighted by Crippen LogP contribution is -2.23. The van der Waals surface area contributed by atoms with Crippen LogP contribution in [0.1, 0.15) is 40.2 Å². The Morgan fingerprint density at radius 2 is 2.12 bits per heavy atom. The molecule has 0 aliphatic heterocycles. The SMILES string of the molecule is COc1ccc2[nH]c(CNC(=O)c3cnc4c(c3)CCCC4)cc2c1. The molecule has 1 aliphatic rings. The molecule has 1 aliphatic carbocycles. The lowest BCUT2D eigenvalue weighted by atomic mass is 9.95. The second-order valence-electron chi connectivity index (χ2n) is 6.47. The summed E-state index contributed by atoms with van der Waals surface area (Å²) in [4.78, 5) is 20.2. The standard InChI is InChI=1S/C20H21N3O2/c1-25-17-6-7-19-14(10-17)9-16(23-19)12-22-20(24)15-8-13-4-2-3-5-18(13)21-11-15/h6-11,23H,2-5,12H2,1H3,(H,22,24). The van der Waals surface area contributed by atoms with Crippen LogP contribution in [0.25, 0.3) is 10.9 Å². The van der Waals surface area contributed by atoms with Crippen molar-refractivity contribution in [3.05, 3.63) is 59.0 Å². The van der Waals surface area contributed by atoms with Crippen molar-refractivity contribution in [1.29, 1.82) is 0 Å². The summed E-state index contributed by atoms with van der Waals surface area (Å²) in [6.07, 6.45) is 6.10. The van der Waals surface area contributed by atoms with Crippen molar-refractivity contribution in [2.24, 2.45) is 0 Å². The summed E-state index contributed by atoms with van der Waals surface area (Å²) in [6, 6.07) is 9.90. The van der Waals surface area contributed by atoms with E-state index in [1.165, 1.54) is 18.4 Å². The first-order chi connectivity index (χ1) is 12.2. The molecule has 5 nitrogen and oxygen atoms in total. The molecule has 0 unspecified atom stereocenters. The fourth-order valence-corrected chi connectivity index (χ4v) is 3.38. The molecule has 0 fully saturated rings. The average molecular weight is 335 g/mol. The molecule has 0 atom stereocenters. The summed E-state index contributed by atoms with van der Waals surface area (Å²) in [5, 5.41) is 4.04. The maximum absolute atomic E-state index is 12.4. The first-order valence-corrected chi connectivity index (χ1v) is 8.64. The third-order valence-electron chi connectivity index (χ3n) is 4.75. The lowest BCUT2D eigenvalue weighted by Gasteiger charge is -2.15. The predicted molar refractivity (Wildman–Crippen MR) is 96.9 cm³/mol. The first-order valence-electron chi connectivity index (χ1n) is 8.64. The molecule has 1 aromatic carbocycles. The van der Waals surface area contributed by atoms with Gasteiger partial charge in [-0.05, 0) is 61.6 Å². The Labute approximate surface area is 146 Å². The number of aryl methyl sites for hydroxylation is 2. The molecule has 4 rings (SSSR count). The van der Waals surface area contributed by atoms with Crippen LogP contribution in [0.2, 0.25) is 0 Å². The van der Waals surface area contributed by atoms with Crippen molar-refractivity contribution in [3.63, 3.8) is 0 Å². The minimum absolute atomic E-state index is 0.0860. The summed E-state index contributed by atoms with van der Waals surface area (Å²) in [5.74, 6) is 0.735. The first kappa shape index (κ1) is 15.7. The maximum Gasteiger partial charge on any atom is 0.253 e. The number of amides is 1. The van der Waals surface area contributed by atoms with Gasteiger partial charge in [0.05, 0.1) is 19.2 Å². The Bertz CT molecular complexity index is 930. The van der Waals surface area contributed by atoms with Crippen LogP contribution < -0.4 is 10.1 Å². The van der Waals surface area contributed by atoms with E-state index in [0.717, 1.165) is 40.9 Å². The fraction of sp³-hybridized carbons (Fsp3) is 0.300. The molecule has 2 N–H and O–H groups in total. The second-order valence-corrected chi connectivity index (χ2v) is 6.47. The molecular formula is C20H21N3O2. The Morgan fingerprint density at radius 1 is 1.24 bits per heavy atom. The third kappa shape index (κ3) is 3.22. The van der Waals surface area contributed by atoms with Gasteiger partial charge in [-0.25, -0.2) is 0 Å². The van der Waals surface area contributed by atoms with Crippen LogP contribution in [0.3, 0.4) is 0 Å². The lowest BCUT2D eigenvalue weighted by molar-refractivity contribution is 0.0950. The van der Waals surface area contributed by atoms with E-state index in [4.69, 9.17) is 4.74 Å². The monoisotopic (exact) mass is 335 g/mol. The van der Waals surface area contributed by atoms with Crippen LogP contribution >= 0.6 is 0 Å². The van der Waals surface area contributed by atoms with E-state index in [2.05, 4.69) is 15.3 Å². The molecule has 3 aromatic rings. The zero-order valence-electron chi connectivity index (χ0n) is 14.3. The number of rotatable bonds is 4. The molecule has 2 heterocycles. The number of pyridine rings is 1. The topological polar surface area (TPSA) is 67.0 Å². The molecular weight excluding hydrogens is 314 g/mol. The van der Waals surface area contributed by atoms with Gasteiger partial charge in [0.25, 0.3) is 5.91 Å². The number of hydrogen-bond donors (Lipinski definition) is 2. The van der Waals surface area contributed by atoms with Gasteiger partial charge in [-0.2, -0.15) is 0 Å². The summed E-state index contributed by atoms with van der Waals surface area (Å²) >= 11 is 0. The van der Waals surface area contributed by atoms with Crippen molar-refractivity contribution in [2.75, 3.05) is 7.11 Å². The highest BCUT2D eigenvalue weighted by Crippen LogP contribution is 2.22. The van der Waals surface area contributed by atoms with Crippen LogP contribution in [0.15, 0.2) is 36.5 Å². The van der Waals surface area contributed by atoms with Crippen molar-refractivity contribution in [2.45, 2.75) is 32.2 Å². The summed E-state index contributed by atoms with van der Waals surface area (Å²) in [7, 11) is 1.65. The molecule has 2 aromatic heterocycles. The predicted octanol–water partition coefficient (Wildman–Crippen LogP) is 3.38. The molecule has 0 radical (unpaired) electrons. The van der Waals surface area contributed by atoms with Gasteiger partial charge in [0.2, 0.25) is 0 Å². The number of aromatic nitrogens is 2. The number of fused-ring (bicyclic) bond motifs is 2. The van der Waals surface area contributed by atoms with E-state index in [-0.39, 0.29) is 5.91 Å². The minimum Gasteiger partial charge on any atom is -0.497 e. The van der Waals surface area contributed by atoms with Crippen LogP contribution in [0.4, 0.5) is 0 Å². The Hall–Kier alpha value is -2.82. The van der Waals surface area contributed by atoms with Crippen molar-refractivity contribution >= 4 is 16.8 Å². The molecule has 0 saturated carbocycles. The number of carbonyl (C=O) groups excluding carboxylic acids is 1. The van der Waals surface area contributed by atoms with Crippen molar-refractivity contribution in [1.82, 2.24) is 15.3 Å². The molecule has 128 valence electrons. The Morgan fingerprint density at radius 3 is 3.00 bits per heavy atom. The number of methoxy groups -OCH3 is 1. The highest BCUT2D eigenvalue weighted by atomic mass is 16.5. The van der Waals surface area contributed by atoms with Gasteiger partial charge in [-0.15, -0.1) is 0 Å². The van der Waals surface area contributed by atoms with Gasteiger partial charge in [0.15, 0.2) is 0 Å². The van der Waals surface area contributed by atoms with Gasteiger partial charge < -0.3 is 15.0 Å². The van der Waals surface area contributed by atoms with E-state index in [1.807, 2.05) is 30.3 Å². The Kier molecular flexibility index (Phi) is 4.14. The number of nitrogens with zero attached hydrogens (tertiary/aromatic N) is 1. The van der Waals surface area contributed by atoms with Gasteiger partial charge in [-0.1, -0.05) is 0 Å². The highest BCUT2D eigenvalue weighted by Gasteiger charge is 2.14. The van der Waals surface area contributed by atoms with E-state index >= 15 is 0 Å². The van der Waals surface area contributed by atoms with Gasteiger partial charge in [-0.3, -0.25) is 9.78 Å². The third-order valence-corrected chi connectivity index (χ3v) is 4.75. The van der Waals surface area contributed by atoms with E-state index < -0.39 is 0 Å². The minimum atomic E-state index is -0.0860. The molecule has 0 spiro atoms. The zero-order valence-corrected chi connectivity index (χ0v) is 14.3. The quantitative estimate of drug-likeness (QED) is 0.768. The largest absolute Gasteiger partial charge is 0.497 e. The summed E-state index contributed by atoms with van der Waals surface area (Å²) in [6.45, 7) is 0.451. The van der Waals surface area contributed by atoms with Gasteiger partial charge in [0.1, 0.15) is 5.75 Å².